The fourth-order valence-corrected chi connectivity index (χ4v) is 5.23. The zero-order valence-electron chi connectivity index (χ0n) is 16.3. The highest BCUT2D eigenvalue weighted by atomic mass is 19.1. The van der Waals surface area contributed by atoms with Crippen LogP contribution in [0.5, 0.6) is 0 Å². The Bertz CT molecular complexity index is 787. The Labute approximate surface area is 155 Å². The van der Waals surface area contributed by atoms with Gasteiger partial charge in [0.2, 0.25) is 0 Å². The lowest BCUT2D eigenvalue weighted by Crippen LogP contribution is -2.52. The molecule has 1 aliphatic heterocycles. The molecule has 1 aromatic heterocycles. The fraction of sp³-hybridized carbons (Fsp3) is 0.636. The first-order valence-electron chi connectivity index (χ1n) is 10.1. The van der Waals surface area contributed by atoms with Crippen LogP contribution in [0.1, 0.15) is 63.1 Å². The number of benzene rings is 1. The fourth-order valence-electron chi connectivity index (χ4n) is 5.23. The summed E-state index contributed by atoms with van der Waals surface area (Å²) in [6.45, 7) is 3.01. The lowest BCUT2D eigenvalue weighted by atomic mass is 9.69. The number of nitrogens with zero attached hydrogens (tertiary/aromatic N) is 1. The first kappa shape index (κ1) is 18.0. The standard InChI is InChI=1S/C22H31FN2O/c1-4-5-9-21(25(2)3)10-12-22(13-11-21)20-17(8-14-26-22)18-15-16(23)6-7-19(18)24-20/h6-7,15,24H,4-5,8-14H2,1-3H3. The summed E-state index contributed by atoms with van der Waals surface area (Å²) < 4.78 is 20.2. The Morgan fingerprint density at radius 2 is 1.96 bits per heavy atom. The summed E-state index contributed by atoms with van der Waals surface area (Å²) in [5.74, 6) is -0.158. The van der Waals surface area contributed by atoms with Crippen LogP contribution in [0, 0.1) is 5.82 Å². The second-order valence-electron chi connectivity index (χ2n) is 8.48. The van der Waals surface area contributed by atoms with E-state index in [2.05, 4.69) is 30.9 Å². The van der Waals surface area contributed by atoms with Gasteiger partial charge in [-0.25, -0.2) is 4.39 Å². The Morgan fingerprint density at radius 1 is 1.19 bits per heavy atom. The predicted molar refractivity (Wildman–Crippen MR) is 104 cm³/mol. The van der Waals surface area contributed by atoms with Gasteiger partial charge in [-0.15, -0.1) is 0 Å². The van der Waals surface area contributed by atoms with Crippen LogP contribution in [0.25, 0.3) is 10.9 Å². The minimum Gasteiger partial charge on any atom is -0.368 e. The summed E-state index contributed by atoms with van der Waals surface area (Å²) in [6.07, 6.45) is 9.05. The van der Waals surface area contributed by atoms with Gasteiger partial charge in [-0.3, -0.25) is 0 Å². The number of hydrogen-bond acceptors (Lipinski definition) is 2. The SMILES string of the molecule is CCCCC1(N(C)C)CCC2(CC1)OCCc1c2[nH]c2ccc(F)cc12. The van der Waals surface area contributed by atoms with Gasteiger partial charge in [0.05, 0.1) is 12.3 Å². The smallest absolute Gasteiger partial charge is 0.123 e. The van der Waals surface area contributed by atoms with Crippen molar-refractivity contribution in [3.63, 3.8) is 0 Å². The third kappa shape index (κ3) is 2.78. The molecule has 2 heterocycles. The average Bonchev–Trinajstić information content (AvgIpc) is 3.01. The van der Waals surface area contributed by atoms with E-state index in [4.69, 9.17) is 4.74 Å². The zero-order chi connectivity index (χ0) is 18.4. The molecule has 1 fully saturated rings. The molecule has 0 unspecified atom stereocenters. The number of fused-ring (bicyclic) bond motifs is 4. The Balaban J connectivity index is 1.67. The van der Waals surface area contributed by atoms with Crippen LogP contribution in [-0.4, -0.2) is 36.1 Å². The summed E-state index contributed by atoms with van der Waals surface area (Å²) >= 11 is 0. The van der Waals surface area contributed by atoms with Gasteiger partial charge in [-0.2, -0.15) is 0 Å². The van der Waals surface area contributed by atoms with E-state index in [0.717, 1.165) is 49.6 Å². The third-order valence-electron chi connectivity index (χ3n) is 6.99. The van der Waals surface area contributed by atoms with Crippen LogP contribution in [0.3, 0.4) is 0 Å². The van der Waals surface area contributed by atoms with E-state index in [-0.39, 0.29) is 11.4 Å². The minimum atomic E-state index is -0.213. The maximum absolute atomic E-state index is 13.8. The highest BCUT2D eigenvalue weighted by Gasteiger charge is 2.48. The molecule has 0 amide bonds. The summed E-state index contributed by atoms with van der Waals surface area (Å²) in [6, 6.07) is 5.09. The summed E-state index contributed by atoms with van der Waals surface area (Å²) in [4.78, 5) is 6.04. The van der Waals surface area contributed by atoms with E-state index in [1.807, 2.05) is 6.07 Å². The number of aromatic nitrogens is 1. The van der Waals surface area contributed by atoms with Crippen LogP contribution < -0.4 is 0 Å². The minimum absolute atomic E-state index is 0.158. The second-order valence-corrected chi connectivity index (χ2v) is 8.48. The molecule has 2 aliphatic rings. The van der Waals surface area contributed by atoms with E-state index in [1.165, 1.54) is 30.5 Å². The van der Waals surface area contributed by atoms with Crippen molar-refractivity contribution in [1.29, 1.82) is 0 Å². The number of aromatic amines is 1. The normalized spacial score (nSPS) is 28.8. The van der Waals surface area contributed by atoms with Gasteiger partial charge in [-0.05, 0) is 76.4 Å². The van der Waals surface area contributed by atoms with Gasteiger partial charge in [0.1, 0.15) is 11.4 Å². The van der Waals surface area contributed by atoms with E-state index < -0.39 is 0 Å². The molecule has 26 heavy (non-hydrogen) atoms. The van der Waals surface area contributed by atoms with Crippen molar-refractivity contribution in [2.45, 2.75) is 69.4 Å². The molecule has 142 valence electrons. The summed E-state index contributed by atoms with van der Waals surface area (Å²) in [5.41, 5.74) is 3.61. The molecule has 0 bridgehead atoms. The average molecular weight is 359 g/mol. The van der Waals surface area contributed by atoms with E-state index in [9.17, 15) is 4.39 Å². The van der Waals surface area contributed by atoms with Gasteiger partial charge in [-0.1, -0.05) is 19.8 Å². The first-order valence-corrected chi connectivity index (χ1v) is 10.1. The first-order chi connectivity index (χ1) is 12.5. The highest BCUT2D eigenvalue weighted by molar-refractivity contribution is 5.85. The molecule has 1 N–H and O–H groups in total. The van der Waals surface area contributed by atoms with Crippen LogP contribution >= 0.6 is 0 Å². The number of halogens is 1. The van der Waals surface area contributed by atoms with Crippen molar-refractivity contribution in [3.8, 4) is 0 Å². The van der Waals surface area contributed by atoms with Gasteiger partial charge < -0.3 is 14.6 Å². The lowest BCUT2D eigenvalue weighted by molar-refractivity contribution is -0.113. The van der Waals surface area contributed by atoms with Crippen molar-refractivity contribution in [2.24, 2.45) is 0 Å². The molecule has 3 nitrogen and oxygen atoms in total. The summed E-state index contributed by atoms with van der Waals surface area (Å²) in [5, 5.41) is 1.04. The van der Waals surface area contributed by atoms with Gasteiger partial charge in [0.25, 0.3) is 0 Å². The number of ether oxygens (including phenoxy) is 1. The molecule has 0 atom stereocenters. The van der Waals surface area contributed by atoms with Crippen molar-refractivity contribution < 1.29 is 9.13 Å². The number of nitrogens with one attached hydrogen (secondary N) is 1. The van der Waals surface area contributed by atoms with E-state index in [1.54, 1.807) is 12.1 Å². The number of hydrogen-bond donors (Lipinski definition) is 1. The molecular formula is C22H31FN2O. The second kappa shape index (κ2) is 6.65. The van der Waals surface area contributed by atoms with Gasteiger partial charge in [0.15, 0.2) is 0 Å². The molecule has 0 saturated heterocycles. The highest BCUT2D eigenvalue weighted by Crippen LogP contribution is 2.50. The summed E-state index contributed by atoms with van der Waals surface area (Å²) in [7, 11) is 4.46. The Morgan fingerprint density at radius 3 is 2.65 bits per heavy atom. The largest absolute Gasteiger partial charge is 0.368 e. The molecule has 1 spiro atoms. The molecular weight excluding hydrogens is 327 g/mol. The van der Waals surface area contributed by atoms with Crippen LogP contribution in [0.15, 0.2) is 18.2 Å². The Kier molecular flexibility index (Phi) is 4.60. The van der Waals surface area contributed by atoms with Crippen molar-refractivity contribution >= 4 is 10.9 Å². The lowest BCUT2D eigenvalue weighted by Gasteiger charge is -2.50. The molecule has 0 radical (unpaired) electrons. The van der Waals surface area contributed by atoms with Crippen molar-refractivity contribution in [3.05, 3.63) is 35.3 Å². The van der Waals surface area contributed by atoms with E-state index in [0.29, 0.717) is 5.54 Å². The van der Waals surface area contributed by atoms with Gasteiger partial charge in [0, 0.05) is 16.4 Å². The molecule has 2 aromatic rings. The number of H-pyrrole nitrogens is 1. The van der Waals surface area contributed by atoms with Crippen molar-refractivity contribution in [1.82, 2.24) is 9.88 Å². The zero-order valence-corrected chi connectivity index (χ0v) is 16.3. The molecule has 4 heteroatoms. The van der Waals surface area contributed by atoms with E-state index >= 15 is 0 Å². The topological polar surface area (TPSA) is 28.3 Å². The Hall–Kier alpha value is -1.39. The predicted octanol–water partition coefficient (Wildman–Crippen LogP) is 5.14. The van der Waals surface area contributed by atoms with Gasteiger partial charge >= 0.3 is 0 Å². The third-order valence-corrected chi connectivity index (χ3v) is 6.99. The van der Waals surface area contributed by atoms with Crippen LogP contribution in [-0.2, 0) is 16.8 Å². The monoisotopic (exact) mass is 358 g/mol. The molecule has 1 aromatic carbocycles. The maximum Gasteiger partial charge on any atom is 0.123 e. The maximum atomic E-state index is 13.8. The number of rotatable bonds is 4. The van der Waals surface area contributed by atoms with Crippen LogP contribution in [0.2, 0.25) is 0 Å². The molecule has 1 aliphatic carbocycles. The quantitative estimate of drug-likeness (QED) is 0.820. The number of unbranched alkanes of at least 4 members (excludes halogenated alkanes) is 1. The van der Waals surface area contributed by atoms with Crippen LogP contribution in [0.4, 0.5) is 4.39 Å². The molecule has 1 saturated carbocycles. The van der Waals surface area contributed by atoms with Crippen molar-refractivity contribution in [2.75, 3.05) is 20.7 Å². The molecule has 4 rings (SSSR count).